The van der Waals surface area contributed by atoms with E-state index in [1.165, 1.54) is 43.4 Å². The Morgan fingerprint density at radius 1 is 1.10 bits per heavy atom. The van der Waals surface area contributed by atoms with Crippen LogP contribution in [0.1, 0.15) is 17.2 Å². The van der Waals surface area contributed by atoms with Crippen LogP contribution in [-0.4, -0.2) is 25.7 Å². The molecule has 9 heteroatoms. The molecule has 1 amide bonds. The van der Waals surface area contributed by atoms with E-state index in [4.69, 9.17) is 11.6 Å². The fourth-order valence-electron chi connectivity index (χ4n) is 3.10. The summed E-state index contributed by atoms with van der Waals surface area (Å²) in [6.07, 6.45) is 0. The summed E-state index contributed by atoms with van der Waals surface area (Å²) in [6, 6.07) is 17.2. The first-order chi connectivity index (χ1) is 14.7. The fraction of sp³-hybridized carbons (Fsp3) is 0.136. The number of hydrogen-bond donors (Lipinski definition) is 1. The van der Waals surface area contributed by atoms with E-state index in [1.54, 1.807) is 36.4 Å². The molecule has 1 atom stereocenters. The van der Waals surface area contributed by atoms with E-state index < -0.39 is 27.8 Å². The number of amides is 1. The molecule has 0 aliphatic rings. The molecular formula is C22H19BrClFN2O3S. The van der Waals surface area contributed by atoms with Crippen molar-refractivity contribution in [2.45, 2.75) is 17.5 Å². The Labute approximate surface area is 194 Å². The van der Waals surface area contributed by atoms with Crippen molar-refractivity contribution < 1.29 is 17.6 Å². The Balaban J connectivity index is 2.18. The second-order valence-corrected chi connectivity index (χ2v) is 9.91. The van der Waals surface area contributed by atoms with Crippen molar-refractivity contribution >= 4 is 43.5 Å². The average Bonchev–Trinajstić information content (AvgIpc) is 2.75. The van der Waals surface area contributed by atoms with Crippen molar-refractivity contribution in [3.05, 3.63) is 99.2 Å². The first-order valence-electron chi connectivity index (χ1n) is 9.22. The molecule has 3 rings (SSSR count). The van der Waals surface area contributed by atoms with Crippen LogP contribution in [0.4, 0.5) is 4.39 Å². The number of nitrogens with one attached hydrogen (secondary N) is 1. The minimum Gasteiger partial charge on any atom is -0.357 e. The van der Waals surface area contributed by atoms with Crippen LogP contribution in [-0.2, 0) is 21.4 Å². The van der Waals surface area contributed by atoms with Crippen molar-refractivity contribution in [1.82, 2.24) is 9.62 Å². The molecule has 1 unspecified atom stereocenters. The summed E-state index contributed by atoms with van der Waals surface area (Å²) >= 11 is 9.11. The van der Waals surface area contributed by atoms with Gasteiger partial charge in [-0.1, -0.05) is 63.9 Å². The fourth-order valence-corrected chi connectivity index (χ4v) is 5.11. The first kappa shape index (κ1) is 23.4. The summed E-state index contributed by atoms with van der Waals surface area (Å²) in [5.74, 6) is -1.13. The largest absolute Gasteiger partial charge is 0.357 e. The highest BCUT2D eigenvalue weighted by Crippen LogP contribution is 2.31. The molecule has 0 bridgehead atoms. The molecule has 3 aromatic rings. The van der Waals surface area contributed by atoms with E-state index in [1.807, 2.05) is 0 Å². The zero-order valence-electron chi connectivity index (χ0n) is 16.4. The summed E-state index contributed by atoms with van der Waals surface area (Å²) in [4.78, 5) is 12.8. The second kappa shape index (κ2) is 9.91. The van der Waals surface area contributed by atoms with Crippen LogP contribution >= 0.6 is 27.5 Å². The van der Waals surface area contributed by atoms with E-state index in [-0.39, 0.29) is 17.0 Å². The molecule has 0 fully saturated rings. The summed E-state index contributed by atoms with van der Waals surface area (Å²) in [5, 5.41) is 2.89. The van der Waals surface area contributed by atoms with Crippen LogP contribution in [0.25, 0.3) is 0 Å². The highest BCUT2D eigenvalue weighted by atomic mass is 79.9. The Morgan fingerprint density at radius 3 is 2.32 bits per heavy atom. The number of benzene rings is 3. The molecule has 0 spiro atoms. The molecule has 0 saturated carbocycles. The van der Waals surface area contributed by atoms with E-state index in [0.29, 0.717) is 15.1 Å². The van der Waals surface area contributed by atoms with Gasteiger partial charge in [-0.3, -0.25) is 4.79 Å². The smallest absolute Gasteiger partial charge is 0.244 e. The Kier molecular flexibility index (Phi) is 7.48. The molecule has 0 saturated heterocycles. The number of carbonyl (C=O) groups is 1. The topological polar surface area (TPSA) is 66.5 Å². The number of carbonyl (C=O) groups excluding carboxylic acids is 1. The van der Waals surface area contributed by atoms with Gasteiger partial charge in [-0.2, -0.15) is 4.31 Å². The average molecular weight is 526 g/mol. The lowest BCUT2D eigenvalue weighted by atomic mass is 10.1. The summed E-state index contributed by atoms with van der Waals surface area (Å²) < 4.78 is 43.4. The SMILES string of the molecule is CNC(=O)C(c1ccccc1)N(Cc1ccc(Br)cc1F)S(=O)(=O)c1ccc(Cl)cc1. The van der Waals surface area contributed by atoms with Crippen molar-refractivity contribution in [1.29, 1.82) is 0 Å². The van der Waals surface area contributed by atoms with Crippen LogP contribution in [0, 0.1) is 5.82 Å². The molecule has 0 aliphatic carbocycles. The highest BCUT2D eigenvalue weighted by Gasteiger charge is 2.37. The number of sulfonamides is 1. The standard InChI is InChI=1S/C22H19BrClFN2O3S/c1-26-22(28)21(15-5-3-2-4-6-15)27(14-16-7-8-17(23)13-20(16)25)31(29,30)19-11-9-18(24)10-12-19/h2-13,21H,14H2,1H3,(H,26,28). The van der Waals surface area contributed by atoms with Gasteiger partial charge in [0.25, 0.3) is 0 Å². The van der Waals surface area contributed by atoms with E-state index in [0.717, 1.165) is 4.31 Å². The quantitative estimate of drug-likeness (QED) is 0.476. The summed E-state index contributed by atoms with van der Waals surface area (Å²) in [7, 11) is -2.79. The lowest BCUT2D eigenvalue weighted by Crippen LogP contribution is -2.42. The molecule has 31 heavy (non-hydrogen) atoms. The maximum atomic E-state index is 14.6. The molecule has 0 radical (unpaired) electrons. The summed E-state index contributed by atoms with van der Waals surface area (Å²) in [6.45, 7) is -0.350. The molecular weight excluding hydrogens is 507 g/mol. The predicted octanol–water partition coefficient (Wildman–Crippen LogP) is 4.92. The minimum absolute atomic E-state index is 0.0562. The molecule has 1 N–H and O–H groups in total. The van der Waals surface area contributed by atoms with E-state index in [2.05, 4.69) is 21.2 Å². The van der Waals surface area contributed by atoms with Gasteiger partial charge >= 0.3 is 0 Å². The van der Waals surface area contributed by atoms with E-state index >= 15 is 0 Å². The number of halogens is 3. The maximum Gasteiger partial charge on any atom is 0.244 e. The van der Waals surface area contributed by atoms with Crippen LogP contribution in [0.15, 0.2) is 82.2 Å². The first-order valence-corrected chi connectivity index (χ1v) is 11.8. The molecule has 0 aliphatic heterocycles. The van der Waals surface area contributed by atoms with Crippen molar-refractivity contribution in [2.24, 2.45) is 0 Å². The molecule has 0 aromatic heterocycles. The van der Waals surface area contributed by atoms with Gasteiger partial charge in [0.05, 0.1) is 4.90 Å². The van der Waals surface area contributed by atoms with Crippen LogP contribution in [0.5, 0.6) is 0 Å². The zero-order chi connectivity index (χ0) is 22.6. The third-order valence-electron chi connectivity index (χ3n) is 4.66. The van der Waals surface area contributed by atoms with Gasteiger partial charge in [0.2, 0.25) is 15.9 Å². The summed E-state index contributed by atoms with van der Waals surface area (Å²) in [5.41, 5.74) is 0.586. The van der Waals surface area contributed by atoms with Gasteiger partial charge in [0.15, 0.2) is 0 Å². The Hall–Kier alpha value is -2.26. The van der Waals surface area contributed by atoms with Gasteiger partial charge in [0, 0.05) is 28.7 Å². The lowest BCUT2D eigenvalue weighted by molar-refractivity contribution is -0.124. The number of hydrogen-bond acceptors (Lipinski definition) is 3. The van der Waals surface area contributed by atoms with Crippen LogP contribution < -0.4 is 5.32 Å². The maximum absolute atomic E-state index is 14.6. The number of likely N-dealkylation sites (N-methyl/N-ethyl adjacent to an activating group) is 1. The number of rotatable bonds is 7. The van der Waals surface area contributed by atoms with Gasteiger partial charge < -0.3 is 5.32 Å². The molecule has 5 nitrogen and oxygen atoms in total. The minimum atomic E-state index is -4.21. The van der Waals surface area contributed by atoms with Gasteiger partial charge in [-0.05, 0) is 42.0 Å². The Bertz CT molecular complexity index is 1180. The normalized spacial score (nSPS) is 12.5. The van der Waals surface area contributed by atoms with Gasteiger partial charge in [0.1, 0.15) is 11.9 Å². The van der Waals surface area contributed by atoms with Crippen LogP contribution in [0.2, 0.25) is 5.02 Å². The number of nitrogens with zero attached hydrogens (tertiary/aromatic N) is 1. The molecule has 3 aromatic carbocycles. The van der Waals surface area contributed by atoms with Crippen molar-refractivity contribution in [3.8, 4) is 0 Å². The second-order valence-electron chi connectivity index (χ2n) is 6.67. The highest BCUT2D eigenvalue weighted by molar-refractivity contribution is 9.10. The lowest BCUT2D eigenvalue weighted by Gasteiger charge is -2.30. The third-order valence-corrected chi connectivity index (χ3v) is 7.23. The van der Waals surface area contributed by atoms with E-state index in [9.17, 15) is 17.6 Å². The molecule has 162 valence electrons. The van der Waals surface area contributed by atoms with Gasteiger partial charge in [-0.25, -0.2) is 12.8 Å². The van der Waals surface area contributed by atoms with Gasteiger partial charge in [-0.15, -0.1) is 0 Å². The monoisotopic (exact) mass is 524 g/mol. The van der Waals surface area contributed by atoms with Crippen molar-refractivity contribution in [3.63, 3.8) is 0 Å². The third kappa shape index (κ3) is 5.33. The zero-order valence-corrected chi connectivity index (χ0v) is 19.6. The predicted molar refractivity (Wildman–Crippen MR) is 122 cm³/mol. The Morgan fingerprint density at radius 2 is 1.74 bits per heavy atom. The van der Waals surface area contributed by atoms with Crippen LogP contribution in [0.3, 0.4) is 0 Å². The molecule has 0 heterocycles. The van der Waals surface area contributed by atoms with Crippen molar-refractivity contribution in [2.75, 3.05) is 7.05 Å².